The molecule has 262 valence electrons. The highest BCUT2D eigenvalue weighted by molar-refractivity contribution is 5.87. The average Bonchev–Trinajstić information content (AvgIpc) is 3.05. The number of carbonyl (C=O) groups excluding carboxylic acids is 1. The molecule has 2 atom stereocenters. The van der Waals surface area contributed by atoms with E-state index in [9.17, 15) is 20.1 Å². The normalized spacial score (nSPS) is 14.4. The third kappa shape index (κ3) is 27.3. The maximum absolute atomic E-state index is 12.9. The molecule has 0 aliphatic heterocycles. The van der Waals surface area contributed by atoms with E-state index < -0.39 is 18.3 Å². The quantitative estimate of drug-likeness (QED) is 0.0488. The Morgan fingerprint density at radius 3 is 1.31 bits per heavy atom. The average molecular weight is 631 g/mol. The van der Waals surface area contributed by atoms with Crippen molar-refractivity contribution in [2.75, 3.05) is 6.61 Å². The fraction of sp³-hybridized carbons (Fsp3) is 0.780. The van der Waals surface area contributed by atoms with Crippen molar-refractivity contribution in [3.63, 3.8) is 0 Å². The number of aliphatic hydroxyl groups excluding tert-OH is 2. The molecular weight excluding hydrogens is 556 g/mol. The number of ketones is 1. The zero-order chi connectivity index (χ0) is 33.1. The molecule has 0 aromatic heterocycles. The summed E-state index contributed by atoms with van der Waals surface area (Å²) in [5.74, 6) is -0.323. The van der Waals surface area contributed by atoms with Crippen LogP contribution in [-0.4, -0.2) is 39.4 Å². The number of allylic oxidation sites excluding steroid dienone is 8. The first kappa shape index (κ1) is 43.5. The summed E-state index contributed by atoms with van der Waals surface area (Å²) in [6.45, 7) is 3.90. The molecule has 0 fully saturated rings. The Labute approximate surface area is 279 Å². The van der Waals surface area contributed by atoms with E-state index in [1.54, 1.807) is 0 Å². The summed E-state index contributed by atoms with van der Waals surface area (Å²) < 4.78 is 0. The van der Waals surface area contributed by atoms with Crippen LogP contribution in [0.15, 0.2) is 48.6 Å². The maximum Gasteiger partial charge on any atom is 0.167 e. The van der Waals surface area contributed by atoms with Crippen LogP contribution in [0.2, 0.25) is 0 Å². The summed E-state index contributed by atoms with van der Waals surface area (Å²) in [7, 11) is 0. The van der Waals surface area contributed by atoms with Crippen molar-refractivity contribution in [2.24, 2.45) is 0 Å². The molecule has 0 aromatic rings. The van der Waals surface area contributed by atoms with Crippen molar-refractivity contribution in [3.05, 3.63) is 48.6 Å². The number of aliphatic hydroxyl groups is 3. The van der Waals surface area contributed by atoms with Crippen LogP contribution < -0.4 is 0 Å². The van der Waals surface area contributed by atoms with Gasteiger partial charge in [0.15, 0.2) is 11.4 Å². The van der Waals surface area contributed by atoms with Gasteiger partial charge in [-0.3, -0.25) is 4.79 Å². The molecule has 0 bridgehead atoms. The molecule has 0 radical (unpaired) electrons. The van der Waals surface area contributed by atoms with Crippen molar-refractivity contribution < 1.29 is 20.1 Å². The maximum atomic E-state index is 12.9. The van der Waals surface area contributed by atoms with Gasteiger partial charge in [-0.15, -0.1) is 0 Å². The lowest BCUT2D eigenvalue weighted by atomic mass is 9.84. The van der Waals surface area contributed by atoms with Gasteiger partial charge in [0.25, 0.3) is 0 Å². The Hall–Kier alpha value is -1.49. The van der Waals surface area contributed by atoms with Crippen molar-refractivity contribution in [1.29, 1.82) is 0 Å². The molecule has 45 heavy (non-hydrogen) atoms. The van der Waals surface area contributed by atoms with Crippen LogP contribution in [0.4, 0.5) is 0 Å². The lowest BCUT2D eigenvalue weighted by molar-refractivity contribution is -0.156. The topological polar surface area (TPSA) is 77.8 Å². The van der Waals surface area contributed by atoms with Gasteiger partial charge in [0.2, 0.25) is 0 Å². The van der Waals surface area contributed by atoms with Crippen LogP contribution in [0.3, 0.4) is 0 Å². The third-order valence-electron chi connectivity index (χ3n) is 8.85. The summed E-state index contributed by atoms with van der Waals surface area (Å²) in [5.41, 5.74) is -1.84. The zero-order valence-corrected chi connectivity index (χ0v) is 29.7. The number of unbranched alkanes of at least 4 members (excludes halogenated alkanes) is 19. The Morgan fingerprint density at radius 2 is 0.889 bits per heavy atom. The van der Waals surface area contributed by atoms with E-state index in [1.807, 2.05) is 0 Å². The molecule has 4 heteroatoms. The molecule has 0 aliphatic carbocycles. The lowest BCUT2D eigenvalue weighted by Crippen LogP contribution is -2.51. The van der Waals surface area contributed by atoms with Crippen LogP contribution in [0, 0.1) is 0 Å². The Kier molecular flexibility index (Phi) is 32.7. The Bertz CT molecular complexity index is 753. The fourth-order valence-corrected chi connectivity index (χ4v) is 5.73. The number of Topliss-reactive ketones (excluding diaryl/α,β-unsaturated/α-hetero) is 1. The smallest absolute Gasteiger partial charge is 0.167 e. The van der Waals surface area contributed by atoms with Gasteiger partial charge in [-0.2, -0.15) is 0 Å². The van der Waals surface area contributed by atoms with E-state index in [0.717, 1.165) is 51.4 Å². The lowest BCUT2D eigenvalue weighted by Gasteiger charge is -2.30. The van der Waals surface area contributed by atoms with Gasteiger partial charge in [-0.1, -0.05) is 165 Å². The summed E-state index contributed by atoms with van der Waals surface area (Å²) >= 11 is 0. The molecule has 3 N–H and O–H groups in total. The second kappa shape index (κ2) is 33.9. The van der Waals surface area contributed by atoms with E-state index >= 15 is 0 Å². The Balaban J connectivity index is 3.95. The van der Waals surface area contributed by atoms with Gasteiger partial charge in [-0.25, -0.2) is 0 Å². The van der Waals surface area contributed by atoms with Gasteiger partial charge in [0.05, 0.1) is 6.61 Å². The number of hydrogen-bond donors (Lipinski definition) is 3. The predicted octanol–water partition coefficient (Wildman–Crippen LogP) is 11.4. The second-order valence-corrected chi connectivity index (χ2v) is 13.1. The monoisotopic (exact) mass is 631 g/mol. The minimum atomic E-state index is -1.84. The third-order valence-corrected chi connectivity index (χ3v) is 8.85. The molecular formula is C41H74O4. The summed E-state index contributed by atoms with van der Waals surface area (Å²) in [5, 5.41) is 30.8. The first-order chi connectivity index (χ1) is 22.0. The van der Waals surface area contributed by atoms with E-state index in [0.29, 0.717) is 6.42 Å². The van der Waals surface area contributed by atoms with Crippen LogP contribution in [0.5, 0.6) is 0 Å². The van der Waals surface area contributed by atoms with Crippen LogP contribution in [0.25, 0.3) is 0 Å². The number of hydrogen-bond acceptors (Lipinski definition) is 4. The predicted molar refractivity (Wildman–Crippen MR) is 196 cm³/mol. The number of carbonyl (C=O) groups is 1. The van der Waals surface area contributed by atoms with Crippen molar-refractivity contribution >= 4 is 5.78 Å². The Morgan fingerprint density at radius 1 is 0.533 bits per heavy atom. The summed E-state index contributed by atoms with van der Waals surface area (Å²) in [4.78, 5) is 12.9. The first-order valence-corrected chi connectivity index (χ1v) is 19.2. The zero-order valence-electron chi connectivity index (χ0n) is 29.7. The molecule has 0 rings (SSSR count). The molecule has 0 spiro atoms. The standard InChI is InChI=1S/C41H74O4/c1-3-5-7-9-11-13-15-17-19-20-21-23-25-27-29-31-33-35-37-41(45,40(44)38-42)39(43)36-34-32-30-28-26-24-22-18-16-14-12-10-8-6-4-2/h11,13,17,19,21,23,27,29,40,42,44-45H,3-10,12,14-16,18,20,22,24-26,28,30-38H2,1-2H3/b13-11-,19-17-,23-21-,29-27-. The van der Waals surface area contributed by atoms with Crippen LogP contribution in [-0.2, 0) is 4.79 Å². The van der Waals surface area contributed by atoms with E-state index in [-0.39, 0.29) is 18.6 Å². The molecule has 2 unspecified atom stereocenters. The molecule has 0 heterocycles. The van der Waals surface area contributed by atoms with E-state index in [4.69, 9.17) is 0 Å². The molecule has 4 nitrogen and oxygen atoms in total. The molecule has 0 amide bonds. The highest BCUT2D eigenvalue weighted by atomic mass is 16.4. The highest BCUT2D eigenvalue weighted by Gasteiger charge is 2.41. The number of rotatable bonds is 34. The minimum absolute atomic E-state index is 0.195. The second-order valence-electron chi connectivity index (χ2n) is 13.1. The molecule has 0 saturated carbocycles. The SMILES string of the molecule is CCCCC/C=C\C/C=C\C/C=C\C/C=C\CCCCC(O)(C(=O)CCCCCCCCCCCCCCCCC)C(O)CO. The van der Waals surface area contributed by atoms with E-state index in [1.165, 1.54) is 103 Å². The van der Waals surface area contributed by atoms with Gasteiger partial charge in [0.1, 0.15) is 6.10 Å². The van der Waals surface area contributed by atoms with Crippen molar-refractivity contribution in [2.45, 2.75) is 199 Å². The van der Waals surface area contributed by atoms with Gasteiger partial charge < -0.3 is 15.3 Å². The first-order valence-electron chi connectivity index (χ1n) is 19.2. The highest BCUT2D eigenvalue weighted by Crippen LogP contribution is 2.24. The van der Waals surface area contributed by atoms with Gasteiger partial charge in [-0.05, 0) is 64.2 Å². The van der Waals surface area contributed by atoms with Crippen molar-refractivity contribution in [3.8, 4) is 0 Å². The van der Waals surface area contributed by atoms with Crippen LogP contribution in [0.1, 0.15) is 187 Å². The van der Waals surface area contributed by atoms with E-state index in [2.05, 4.69) is 62.5 Å². The van der Waals surface area contributed by atoms with Gasteiger partial charge >= 0.3 is 0 Å². The van der Waals surface area contributed by atoms with Crippen LogP contribution >= 0.6 is 0 Å². The summed E-state index contributed by atoms with van der Waals surface area (Å²) in [6.07, 6.45) is 45.9. The molecule has 0 aliphatic rings. The molecule has 0 aromatic carbocycles. The molecule has 0 saturated heterocycles. The minimum Gasteiger partial charge on any atom is -0.394 e. The van der Waals surface area contributed by atoms with Gasteiger partial charge in [0, 0.05) is 6.42 Å². The largest absolute Gasteiger partial charge is 0.394 e. The summed E-state index contributed by atoms with van der Waals surface area (Å²) in [6, 6.07) is 0. The fourth-order valence-electron chi connectivity index (χ4n) is 5.73. The van der Waals surface area contributed by atoms with Crippen molar-refractivity contribution in [1.82, 2.24) is 0 Å².